The lowest BCUT2D eigenvalue weighted by atomic mass is 10.0. The number of methoxy groups -OCH3 is 1. The van der Waals surface area contributed by atoms with Crippen LogP contribution in [0.2, 0.25) is 0 Å². The van der Waals surface area contributed by atoms with Crippen molar-refractivity contribution in [3.05, 3.63) is 35.9 Å². The molecule has 4 aromatic heterocycles. The van der Waals surface area contributed by atoms with E-state index in [2.05, 4.69) is 20.6 Å². The van der Waals surface area contributed by atoms with E-state index in [9.17, 15) is 19.2 Å². The van der Waals surface area contributed by atoms with Crippen LogP contribution in [0.4, 0.5) is 4.79 Å². The molecule has 16 nitrogen and oxygen atoms in total. The first-order chi connectivity index (χ1) is 26.4. The zero-order valence-electron chi connectivity index (χ0n) is 31.6. The molecule has 0 unspecified atom stereocenters. The first-order valence-corrected chi connectivity index (χ1v) is 19.5. The summed E-state index contributed by atoms with van der Waals surface area (Å²) in [6, 6.07) is 5.71. The fourth-order valence-electron chi connectivity index (χ4n) is 7.88. The fraction of sp³-hybridized carbons (Fsp3) is 0.474. The number of oxazole rings is 1. The van der Waals surface area contributed by atoms with Gasteiger partial charge in [0.15, 0.2) is 10.6 Å². The lowest BCUT2D eigenvalue weighted by Crippen LogP contribution is -2.51. The second-order valence-electron chi connectivity index (χ2n) is 15.1. The third-order valence-corrected chi connectivity index (χ3v) is 11.7. The predicted octanol–water partition coefficient (Wildman–Crippen LogP) is 5.73. The van der Waals surface area contributed by atoms with Gasteiger partial charge in [0.25, 0.3) is 5.89 Å². The van der Waals surface area contributed by atoms with Gasteiger partial charge in [0.1, 0.15) is 34.8 Å². The number of nitrogens with one attached hydrogen (secondary N) is 4. The average molecular weight is 769 g/mol. The van der Waals surface area contributed by atoms with Crippen molar-refractivity contribution >= 4 is 78.5 Å². The van der Waals surface area contributed by atoms with Gasteiger partial charge in [0, 0.05) is 20.0 Å². The quantitative estimate of drug-likeness (QED) is 0.141. The summed E-state index contributed by atoms with van der Waals surface area (Å²) in [5, 5.41) is 6.12. The monoisotopic (exact) mass is 768 g/mol. The Kier molecular flexibility index (Phi) is 9.43. The number of carbonyl (C=O) groups is 4. The van der Waals surface area contributed by atoms with E-state index in [0.717, 1.165) is 46.9 Å². The van der Waals surface area contributed by atoms with Crippen molar-refractivity contribution in [2.45, 2.75) is 84.5 Å². The number of ether oxygens (including phenoxy) is 1. The van der Waals surface area contributed by atoms with Crippen LogP contribution in [0.5, 0.6) is 0 Å². The molecule has 2 saturated heterocycles. The zero-order valence-corrected chi connectivity index (χ0v) is 32.4. The molecular weight excluding hydrogens is 725 g/mol. The Labute approximate surface area is 319 Å². The first-order valence-electron chi connectivity index (χ1n) is 18.7. The van der Waals surface area contributed by atoms with Gasteiger partial charge in [-0.3, -0.25) is 14.4 Å². The highest BCUT2D eigenvalue weighted by Crippen LogP contribution is 2.39. The molecule has 2 aliphatic rings. The number of thiazole rings is 1. The largest absolute Gasteiger partial charge is 0.453 e. The number of alkyl carbamates (subject to hydrolysis) is 1. The summed E-state index contributed by atoms with van der Waals surface area (Å²) in [6.45, 7) is 10.2. The van der Waals surface area contributed by atoms with E-state index in [1.807, 2.05) is 56.9 Å². The second-order valence-corrected chi connectivity index (χ2v) is 16.1. The Bertz CT molecular complexity index is 2460. The number of likely N-dealkylation sites (tertiary alicyclic amines) is 2. The number of hydrogen-bond donors (Lipinski definition) is 4. The normalized spacial score (nSPS) is 18.7. The van der Waals surface area contributed by atoms with Crippen LogP contribution in [0, 0.1) is 11.8 Å². The molecule has 0 bridgehead atoms. The Hall–Kier alpha value is -5.58. The van der Waals surface area contributed by atoms with Gasteiger partial charge in [-0.25, -0.2) is 24.7 Å². The van der Waals surface area contributed by atoms with E-state index in [1.165, 1.54) is 25.4 Å². The number of aromatic nitrogens is 6. The van der Waals surface area contributed by atoms with Gasteiger partial charge in [-0.15, -0.1) is 11.3 Å². The lowest BCUT2D eigenvalue weighted by Gasteiger charge is -2.30. The summed E-state index contributed by atoms with van der Waals surface area (Å²) >= 11 is 1.44. The van der Waals surface area contributed by atoms with Gasteiger partial charge >= 0.3 is 6.09 Å². The van der Waals surface area contributed by atoms with Crippen LogP contribution in [0.15, 0.2) is 28.7 Å². The Morgan fingerprint density at radius 1 is 0.782 bits per heavy atom. The molecule has 6 aromatic rings. The summed E-state index contributed by atoms with van der Waals surface area (Å²) in [5.41, 5.74) is 4.89. The molecule has 0 spiro atoms. The van der Waals surface area contributed by atoms with Crippen molar-refractivity contribution in [2.24, 2.45) is 11.8 Å². The van der Waals surface area contributed by atoms with Crippen molar-refractivity contribution in [3.8, 4) is 10.9 Å². The van der Waals surface area contributed by atoms with Crippen LogP contribution in [-0.2, 0) is 19.1 Å². The summed E-state index contributed by atoms with van der Waals surface area (Å²) in [4.78, 5) is 81.3. The molecule has 0 saturated carbocycles. The average Bonchev–Trinajstić information content (AvgIpc) is 3.99. The molecule has 2 aliphatic heterocycles. The molecule has 17 heteroatoms. The Morgan fingerprint density at radius 2 is 1.33 bits per heavy atom. The number of H-pyrrole nitrogens is 2. The minimum absolute atomic E-state index is 0.0660. The first kappa shape index (κ1) is 36.4. The van der Waals surface area contributed by atoms with Gasteiger partial charge in [-0.1, -0.05) is 27.7 Å². The standard InChI is InChI=1S/C38H44N10O6S/c1-17(2)26(39-19(5)49)36(50)47-15-7-9-24(47)32-40-20-11-13-22-30(28(20)44-32)54-34(42-22)35-43-23-14-12-21-29(31(23)55-35)45-33(41-21)25-10-8-16-48(25)37(51)27(18(3)4)46-38(52)53-6/h11-14,17-18,24-27H,7-10,15-16H2,1-6H3,(H,39,49)(H,40,44)(H,41,45)(H,46,52)/t24-,25-,26-,27-/m0/s1. The highest BCUT2D eigenvalue weighted by Gasteiger charge is 2.39. The van der Waals surface area contributed by atoms with Crippen LogP contribution < -0.4 is 10.6 Å². The van der Waals surface area contributed by atoms with E-state index in [-0.39, 0.29) is 41.6 Å². The molecule has 4 amide bonds. The lowest BCUT2D eigenvalue weighted by molar-refractivity contribution is -0.138. The molecule has 4 N–H and O–H groups in total. The summed E-state index contributed by atoms with van der Waals surface area (Å²) in [5.74, 6) is 0.991. The third-order valence-electron chi connectivity index (χ3n) is 10.6. The summed E-state index contributed by atoms with van der Waals surface area (Å²) in [6.07, 6.45) is 2.48. The SMILES string of the molecule is COC(=O)N[C@H](C(=O)N1CCC[C@H]1c1nc2ccc3nc(-c4nc5ccc6nc([C@@H]7CCCN7C(=O)[C@@H](NC(C)=O)C(C)C)[nH]c6c5o4)sc3c2[nH]1)C(C)C. The molecule has 288 valence electrons. The van der Waals surface area contributed by atoms with E-state index < -0.39 is 18.2 Å². The van der Waals surface area contributed by atoms with Crippen LogP contribution in [0.3, 0.4) is 0 Å². The number of carbonyl (C=O) groups excluding carboxylic acids is 4. The predicted molar refractivity (Wildman–Crippen MR) is 206 cm³/mol. The third kappa shape index (κ3) is 6.53. The number of imidazole rings is 2. The Morgan fingerprint density at radius 3 is 1.91 bits per heavy atom. The van der Waals surface area contributed by atoms with E-state index >= 15 is 0 Å². The molecule has 4 atom stereocenters. The number of rotatable bonds is 9. The minimum atomic E-state index is -0.723. The maximum Gasteiger partial charge on any atom is 0.407 e. The van der Waals surface area contributed by atoms with Gasteiger partial charge in [0.05, 0.1) is 46.0 Å². The number of nitrogens with zero attached hydrogens (tertiary/aromatic N) is 6. The van der Waals surface area contributed by atoms with Crippen molar-refractivity contribution in [1.82, 2.24) is 50.3 Å². The highest BCUT2D eigenvalue weighted by atomic mass is 32.1. The summed E-state index contributed by atoms with van der Waals surface area (Å²) in [7, 11) is 1.28. The maximum atomic E-state index is 13.7. The number of fused-ring (bicyclic) bond motifs is 6. The molecular formula is C38H44N10O6S. The summed E-state index contributed by atoms with van der Waals surface area (Å²) < 4.78 is 12.1. The Balaban J connectivity index is 1.08. The minimum Gasteiger partial charge on any atom is -0.453 e. The molecule has 2 fully saturated rings. The van der Waals surface area contributed by atoms with Crippen LogP contribution >= 0.6 is 11.3 Å². The van der Waals surface area contributed by atoms with Crippen molar-refractivity contribution < 1.29 is 28.3 Å². The molecule has 0 aliphatic carbocycles. The zero-order chi connectivity index (χ0) is 38.7. The van der Waals surface area contributed by atoms with Crippen molar-refractivity contribution in [2.75, 3.05) is 20.2 Å². The van der Waals surface area contributed by atoms with Gasteiger partial charge in [-0.05, 0) is 61.8 Å². The van der Waals surface area contributed by atoms with E-state index in [4.69, 9.17) is 29.1 Å². The van der Waals surface area contributed by atoms with Gasteiger partial charge in [-0.2, -0.15) is 0 Å². The number of amides is 4. The molecule has 0 radical (unpaired) electrons. The molecule has 6 heterocycles. The smallest absolute Gasteiger partial charge is 0.407 e. The maximum absolute atomic E-state index is 13.7. The van der Waals surface area contributed by atoms with Crippen LogP contribution in [0.25, 0.3) is 54.3 Å². The van der Waals surface area contributed by atoms with Crippen LogP contribution in [-0.4, -0.2) is 95.8 Å². The van der Waals surface area contributed by atoms with Crippen molar-refractivity contribution in [1.29, 1.82) is 0 Å². The van der Waals surface area contributed by atoms with E-state index in [1.54, 1.807) is 4.90 Å². The van der Waals surface area contributed by atoms with Crippen molar-refractivity contribution in [3.63, 3.8) is 0 Å². The van der Waals surface area contributed by atoms with Gasteiger partial charge in [0.2, 0.25) is 17.7 Å². The topological polar surface area (TPSA) is 204 Å². The molecule has 55 heavy (non-hydrogen) atoms. The highest BCUT2D eigenvalue weighted by molar-refractivity contribution is 7.22. The molecule has 2 aromatic carbocycles. The number of benzene rings is 2. The van der Waals surface area contributed by atoms with Gasteiger partial charge < -0.3 is 39.6 Å². The van der Waals surface area contributed by atoms with E-state index in [0.29, 0.717) is 57.8 Å². The number of aromatic amines is 2. The fourth-order valence-corrected chi connectivity index (χ4v) is 8.87. The van der Waals surface area contributed by atoms with Crippen LogP contribution in [0.1, 0.15) is 84.0 Å². The molecule has 8 rings (SSSR count). The number of hydrogen-bond acceptors (Lipinski definition) is 11. The second kappa shape index (κ2) is 14.2.